The molecule has 1 unspecified atom stereocenters. The summed E-state index contributed by atoms with van der Waals surface area (Å²) in [7, 11) is 1.70. The molecule has 1 aromatic heterocycles. The molecule has 0 bridgehead atoms. The number of aryl methyl sites for hydroxylation is 2. The van der Waals surface area contributed by atoms with Gasteiger partial charge in [-0.1, -0.05) is 6.92 Å². The second-order valence-electron chi connectivity index (χ2n) is 6.28. The van der Waals surface area contributed by atoms with Gasteiger partial charge in [-0.15, -0.1) is 0 Å². The van der Waals surface area contributed by atoms with Crippen LogP contribution >= 0.6 is 0 Å². The Hall–Kier alpha value is -2.71. The standard InChI is InChI=1S/C18H24F2N6O/c1-3-16-24-17-7-4-12(11-26(17)25-16)23-18(21-2)22-8-9-27-13-5-6-14(19)15(20)10-13/h5-6,10,12H,3-4,7-9,11H2,1-2H3,(H2,21,22,23). The van der Waals surface area contributed by atoms with E-state index in [9.17, 15) is 8.78 Å². The average Bonchev–Trinajstić information content (AvgIpc) is 3.09. The normalized spacial score (nSPS) is 16.7. The van der Waals surface area contributed by atoms with Gasteiger partial charge in [-0.05, 0) is 18.6 Å². The number of benzene rings is 1. The Labute approximate surface area is 156 Å². The molecule has 1 atom stereocenters. The number of aliphatic imine (C=N–C) groups is 1. The first-order valence-corrected chi connectivity index (χ1v) is 9.06. The molecular formula is C18H24F2N6O. The van der Waals surface area contributed by atoms with E-state index < -0.39 is 11.6 Å². The molecule has 9 heteroatoms. The van der Waals surface area contributed by atoms with Crippen molar-refractivity contribution in [3.05, 3.63) is 41.5 Å². The lowest BCUT2D eigenvalue weighted by Gasteiger charge is -2.25. The van der Waals surface area contributed by atoms with Crippen LogP contribution in [0.15, 0.2) is 23.2 Å². The summed E-state index contributed by atoms with van der Waals surface area (Å²) < 4.78 is 33.4. The Morgan fingerprint density at radius 3 is 2.96 bits per heavy atom. The molecule has 0 saturated heterocycles. The van der Waals surface area contributed by atoms with Crippen LogP contribution in [-0.4, -0.2) is 47.0 Å². The van der Waals surface area contributed by atoms with E-state index in [1.54, 1.807) is 7.05 Å². The first-order chi connectivity index (χ1) is 13.1. The highest BCUT2D eigenvalue weighted by atomic mass is 19.2. The highest BCUT2D eigenvalue weighted by Gasteiger charge is 2.21. The maximum atomic E-state index is 13.2. The van der Waals surface area contributed by atoms with Crippen molar-refractivity contribution in [3.8, 4) is 5.75 Å². The van der Waals surface area contributed by atoms with Crippen molar-refractivity contribution in [1.82, 2.24) is 25.4 Å². The lowest BCUT2D eigenvalue weighted by Crippen LogP contribution is -2.47. The van der Waals surface area contributed by atoms with Crippen LogP contribution in [0.25, 0.3) is 0 Å². The number of halogens is 2. The van der Waals surface area contributed by atoms with Crippen LogP contribution in [0.1, 0.15) is 25.0 Å². The predicted molar refractivity (Wildman–Crippen MR) is 97.9 cm³/mol. The van der Waals surface area contributed by atoms with E-state index in [2.05, 4.69) is 25.7 Å². The Morgan fingerprint density at radius 1 is 1.37 bits per heavy atom. The van der Waals surface area contributed by atoms with Crippen molar-refractivity contribution in [2.75, 3.05) is 20.2 Å². The van der Waals surface area contributed by atoms with Crippen molar-refractivity contribution in [1.29, 1.82) is 0 Å². The third-order valence-corrected chi connectivity index (χ3v) is 4.34. The zero-order valence-corrected chi connectivity index (χ0v) is 15.5. The summed E-state index contributed by atoms with van der Waals surface area (Å²) in [5.41, 5.74) is 0. The monoisotopic (exact) mass is 378 g/mol. The SMILES string of the molecule is CCc1nc2n(n1)CC(NC(=NC)NCCOc1ccc(F)c(F)c1)CC2. The topological polar surface area (TPSA) is 76.4 Å². The quantitative estimate of drug-likeness (QED) is 0.454. The fourth-order valence-corrected chi connectivity index (χ4v) is 2.92. The average molecular weight is 378 g/mol. The number of nitrogens with one attached hydrogen (secondary N) is 2. The summed E-state index contributed by atoms with van der Waals surface area (Å²) >= 11 is 0. The molecule has 0 aliphatic carbocycles. The molecule has 0 radical (unpaired) electrons. The van der Waals surface area contributed by atoms with Gasteiger partial charge in [0.2, 0.25) is 0 Å². The van der Waals surface area contributed by atoms with Crippen LogP contribution in [-0.2, 0) is 19.4 Å². The van der Waals surface area contributed by atoms with E-state index in [0.29, 0.717) is 19.1 Å². The minimum atomic E-state index is -0.922. The zero-order chi connectivity index (χ0) is 19.2. The van der Waals surface area contributed by atoms with Gasteiger partial charge in [-0.3, -0.25) is 4.99 Å². The lowest BCUT2D eigenvalue weighted by atomic mass is 10.1. The van der Waals surface area contributed by atoms with E-state index in [1.807, 2.05) is 11.6 Å². The molecule has 2 N–H and O–H groups in total. The Morgan fingerprint density at radius 2 is 2.22 bits per heavy atom. The number of hydrogen-bond donors (Lipinski definition) is 2. The molecule has 0 amide bonds. The predicted octanol–water partition coefficient (Wildman–Crippen LogP) is 1.68. The van der Waals surface area contributed by atoms with Crippen molar-refractivity contribution in [2.24, 2.45) is 4.99 Å². The molecule has 146 valence electrons. The number of guanidine groups is 1. The Bertz CT molecular complexity index is 807. The van der Waals surface area contributed by atoms with Crippen molar-refractivity contribution < 1.29 is 13.5 Å². The second-order valence-corrected chi connectivity index (χ2v) is 6.28. The molecule has 2 heterocycles. The van der Waals surface area contributed by atoms with Crippen molar-refractivity contribution in [3.63, 3.8) is 0 Å². The van der Waals surface area contributed by atoms with Crippen LogP contribution in [0.5, 0.6) is 5.75 Å². The minimum Gasteiger partial charge on any atom is -0.492 e. The third-order valence-electron chi connectivity index (χ3n) is 4.34. The van der Waals surface area contributed by atoms with Crippen molar-refractivity contribution >= 4 is 5.96 Å². The first-order valence-electron chi connectivity index (χ1n) is 9.06. The number of hydrogen-bond acceptors (Lipinski definition) is 4. The largest absolute Gasteiger partial charge is 0.492 e. The second kappa shape index (κ2) is 8.79. The molecule has 2 aromatic rings. The van der Waals surface area contributed by atoms with Crippen LogP contribution in [0.2, 0.25) is 0 Å². The molecular weight excluding hydrogens is 354 g/mol. The van der Waals surface area contributed by atoms with Gasteiger partial charge in [0.05, 0.1) is 13.1 Å². The van der Waals surface area contributed by atoms with Gasteiger partial charge in [0, 0.05) is 32.0 Å². The molecule has 1 aliphatic rings. The summed E-state index contributed by atoms with van der Waals surface area (Å²) in [5.74, 6) is 1.05. The number of rotatable bonds is 6. The number of fused-ring (bicyclic) bond motifs is 1. The van der Waals surface area contributed by atoms with Gasteiger partial charge in [0.25, 0.3) is 0 Å². The van der Waals surface area contributed by atoms with Crippen LogP contribution in [0.3, 0.4) is 0 Å². The molecule has 3 rings (SSSR count). The smallest absolute Gasteiger partial charge is 0.191 e. The van der Waals surface area contributed by atoms with Gasteiger partial charge in [-0.25, -0.2) is 18.4 Å². The molecule has 7 nitrogen and oxygen atoms in total. The first kappa shape index (κ1) is 19.1. The minimum absolute atomic E-state index is 0.210. The fourth-order valence-electron chi connectivity index (χ4n) is 2.92. The molecule has 0 spiro atoms. The zero-order valence-electron chi connectivity index (χ0n) is 15.5. The van der Waals surface area contributed by atoms with E-state index >= 15 is 0 Å². The van der Waals surface area contributed by atoms with Gasteiger partial charge in [0.1, 0.15) is 18.2 Å². The summed E-state index contributed by atoms with van der Waals surface area (Å²) in [5, 5.41) is 11.0. The summed E-state index contributed by atoms with van der Waals surface area (Å²) in [6.45, 7) is 3.56. The number of aromatic nitrogens is 3. The maximum absolute atomic E-state index is 13.2. The Kier molecular flexibility index (Phi) is 6.20. The summed E-state index contributed by atoms with van der Waals surface area (Å²) in [4.78, 5) is 8.73. The van der Waals surface area contributed by atoms with Crippen LogP contribution < -0.4 is 15.4 Å². The van der Waals surface area contributed by atoms with E-state index in [-0.39, 0.29) is 11.8 Å². The molecule has 1 aliphatic heterocycles. The Balaban J connectivity index is 1.43. The van der Waals surface area contributed by atoms with E-state index in [0.717, 1.165) is 49.6 Å². The lowest BCUT2D eigenvalue weighted by molar-refractivity contribution is 0.317. The van der Waals surface area contributed by atoms with Gasteiger partial charge >= 0.3 is 0 Å². The molecule has 0 saturated carbocycles. The highest BCUT2D eigenvalue weighted by Crippen LogP contribution is 2.15. The highest BCUT2D eigenvalue weighted by molar-refractivity contribution is 5.79. The molecule has 1 aromatic carbocycles. The van der Waals surface area contributed by atoms with Crippen molar-refractivity contribution in [2.45, 2.75) is 38.8 Å². The summed E-state index contributed by atoms with van der Waals surface area (Å²) in [6.07, 6.45) is 2.66. The van der Waals surface area contributed by atoms with Gasteiger partial charge in [-0.2, -0.15) is 5.10 Å². The van der Waals surface area contributed by atoms with Gasteiger partial charge in [0.15, 0.2) is 23.4 Å². The summed E-state index contributed by atoms with van der Waals surface area (Å²) in [6, 6.07) is 3.69. The third kappa shape index (κ3) is 4.93. The van der Waals surface area contributed by atoms with E-state index in [4.69, 9.17) is 4.74 Å². The van der Waals surface area contributed by atoms with Crippen LogP contribution in [0.4, 0.5) is 8.78 Å². The van der Waals surface area contributed by atoms with Crippen LogP contribution in [0, 0.1) is 11.6 Å². The van der Waals surface area contributed by atoms with E-state index in [1.165, 1.54) is 6.07 Å². The van der Waals surface area contributed by atoms with Gasteiger partial charge < -0.3 is 15.4 Å². The number of nitrogens with zero attached hydrogens (tertiary/aromatic N) is 4. The molecule has 27 heavy (non-hydrogen) atoms. The maximum Gasteiger partial charge on any atom is 0.191 e. The fraction of sp³-hybridized carbons (Fsp3) is 0.500. The number of ether oxygens (including phenoxy) is 1. The molecule has 0 fully saturated rings.